The van der Waals surface area contributed by atoms with Gasteiger partial charge < -0.3 is 0 Å². The van der Waals surface area contributed by atoms with Gasteiger partial charge in [-0.1, -0.05) is 52.4 Å². The zero-order chi connectivity index (χ0) is 21.5. The summed E-state index contributed by atoms with van der Waals surface area (Å²) in [5.41, 5.74) is 2.81. The van der Waals surface area contributed by atoms with Crippen LogP contribution in [-0.2, 0) is 34.6 Å². The van der Waals surface area contributed by atoms with Crippen molar-refractivity contribution in [3.05, 3.63) is 120 Å². The molecule has 0 aromatic heterocycles. The zero-order valence-corrected chi connectivity index (χ0v) is 20.8. The Morgan fingerprint density at radius 2 is 1.16 bits per heavy atom. The van der Waals surface area contributed by atoms with Gasteiger partial charge in [0, 0.05) is 0 Å². The van der Waals surface area contributed by atoms with Crippen molar-refractivity contribution in [1.82, 2.24) is 0 Å². The Morgan fingerprint density at radius 1 is 0.710 bits per heavy atom. The van der Waals surface area contributed by atoms with Crippen LogP contribution in [0, 0.1) is 24.3 Å². The topological polar surface area (TPSA) is 0 Å². The van der Waals surface area contributed by atoms with Gasteiger partial charge in [-0.25, -0.2) is 24.3 Å². The Bertz CT molecular complexity index is 638. The van der Waals surface area contributed by atoms with Gasteiger partial charge in [0.05, 0.1) is 0 Å². The van der Waals surface area contributed by atoms with Crippen molar-refractivity contribution >= 4 is 0 Å². The van der Waals surface area contributed by atoms with Gasteiger partial charge in [-0.05, 0) is 0 Å². The van der Waals surface area contributed by atoms with Crippen molar-refractivity contribution in [2.75, 3.05) is 0 Å². The van der Waals surface area contributed by atoms with Gasteiger partial charge in [-0.2, -0.15) is 83.9 Å². The van der Waals surface area contributed by atoms with Crippen LogP contribution in [0.3, 0.4) is 0 Å². The summed E-state index contributed by atoms with van der Waals surface area (Å²) < 4.78 is 0. The van der Waals surface area contributed by atoms with Crippen LogP contribution in [0.1, 0.15) is 63.5 Å². The Morgan fingerprint density at radius 3 is 1.39 bits per heavy atom. The van der Waals surface area contributed by atoms with Crippen molar-refractivity contribution in [2.24, 2.45) is 0 Å². The van der Waals surface area contributed by atoms with Gasteiger partial charge in [0.15, 0.2) is 0 Å². The Labute approximate surface area is 206 Å². The maximum absolute atomic E-state index is 3.07. The van der Waals surface area contributed by atoms with Crippen molar-refractivity contribution in [3.63, 3.8) is 0 Å². The number of benzene rings is 2. The second-order valence-electron chi connectivity index (χ2n) is 7.04. The standard InChI is InChI=1S/2C10H13.2C5H5.Ti/c2*1-2-3-7-10-8-5-4-6-9-10;2*1-2-4-5-3-1;/h2*4-5,8-9H,2-3,7H2,1H3;2*1-3H,4H2;/q4*-1;+4. The second kappa shape index (κ2) is 22.8. The molecule has 0 nitrogen and oxygen atoms in total. The van der Waals surface area contributed by atoms with E-state index in [1.54, 1.807) is 0 Å². The number of aryl methyl sites for hydroxylation is 2. The number of hydrogen-bond donors (Lipinski definition) is 0. The van der Waals surface area contributed by atoms with Crippen LogP contribution in [0.15, 0.2) is 85.0 Å². The van der Waals surface area contributed by atoms with Gasteiger partial charge >= 0.3 is 21.7 Å². The van der Waals surface area contributed by atoms with E-state index in [9.17, 15) is 0 Å². The Hall–Kier alpha value is -1.89. The average molecular weight is 444 g/mol. The van der Waals surface area contributed by atoms with Gasteiger partial charge in [0.25, 0.3) is 0 Å². The van der Waals surface area contributed by atoms with Gasteiger partial charge in [-0.3, -0.25) is 12.2 Å². The monoisotopic (exact) mass is 444 g/mol. The molecule has 0 N–H and O–H groups in total. The first-order chi connectivity index (χ1) is 14.9. The summed E-state index contributed by atoms with van der Waals surface area (Å²) in [7, 11) is 0. The fourth-order valence-corrected chi connectivity index (χ4v) is 2.61. The first-order valence-electron chi connectivity index (χ1n) is 11.2. The summed E-state index contributed by atoms with van der Waals surface area (Å²) in [5.74, 6) is 0. The molecule has 0 fully saturated rings. The van der Waals surface area contributed by atoms with Crippen LogP contribution in [0.2, 0.25) is 0 Å². The SMILES string of the molecule is CCCCc1c[c-]ccc1.CCCCc1c[c-]ccc1.[C-]1=CC=CC1.[C-]1=CC=CC1.[Ti+4]. The molecule has 0 saturated carbocycles. The van der Waals surface area contributed by atoms with E-state index in [-0.39, 0.29) is 21.7 Å². The van der Waals surface area contributed by atoms with E-state index in [0.717, 1.165) is 12.8 Å². The van der Waals surface area contributed by atoms with E-state index in [1.807, 2.05) is 48.6 Å². The Kier molecular flexibility index (Phi) is 21.4. The summed E-state index contributed by atoms with van der Waals surface area (Å²) in [6, 6.07) is 22.6. The number of allylic oxidation sites excluding steroid dienone is 8. The summed E-state index contributed by atoms with van der Waals surface area (Å²) >= 11 is 0. The molecule has 4 rings (SSSR count). The van der Waals surface area contributed by atoms with E-state index < -0.39 is 0 Å². The molecule has 2 aliphatic carbocycles. The molecule has 0 bridgehead atoms. The molecule has 1 heteroatoms. The Balaban J connectivity index is 0.000000401. The molecule has 2 aromatic rings. The van der Waals surface area contributed by atoms with E-state index in [2.05, 4.69) is 74.5 Å². The predicted molar refractivity (Wildman–Crippen MR) is 131 cm³/mol. The van der Waals surface area contributed by atoms with E-state index in [1.165, 1.54) is 49.7 Å². The smallest absolute Gasteiger partial charge is 0.273 e. The molecule has 2 aromatic carbocycles. The van der Waals surface area contributed by atoms with Crippen LogP contribution in [-0.4, -0.2) is 0 Å². The van der Waals surface area contributed by atoms with Crippen LogP contribution >= 0.6 is 0 Å². The van der Waals surface area contributed by atoms with Crippen molar-refractivity contribution in [3.8, 4) is 0 Å². The van der Waals surface area contributed by atoms with Crippen LogP contribution in [0.25, 0.3) is 0 Å². The largest absolute Gasteiger partial charge is 4.00 e. The van der Waals surface area contributed by atoms with Gasteiger partial charge in [0.2, 0.25) is 0 Å². The molecule has 0 spiro atoms. The molecular formula is C30H36Ti. The maximum Gasteiger partial charge on any atom is 4.00 e. The molecule has 0 unspecified atom stereocenters. The maximum atomic E-state index is 3.07. The predicted octanol–water partition coefficient (Wildman–Crippen LogP) is 8.27. The minimum absolute atomic E-state index is 0. The fraction of sp³-hybridized carbons (Fsp3) is 0.333. The van der Waals surface area contributed by atoms with Crippen molar-refractivity contribution < 1.29 is 21.7 Å². The molecule has 0 amide bonds. The average Bonchev–Trinajstić information content (AvgIpc) is 3.57. The molecule has 0 atom stereocenters. The minimum Gasteiger partial charge on any atom is -0.273 e. The quantitative estimate of drug-likeness (QED) is 0.311. The summed E-state index contributed by atoms with van der Waals surface area (Å²) in [5, 5.41) is 0. The fourth-order valence-electron chi connectivity index (χ4n) is 2.61. The zero-order valence-electron chi connectivity index (χ0n) is 19.2. The van der Waals surface area contributed by atoms with Crippen LogP contribution in [0.4, 0.5) is 0 Å². The molecule has 0 aliphatic heterocycles. The molecule has 0 heterocycles. The van der Waals surface area contributed by atoms with Crippen molar-refractivity contribution in [1.29, 1.82) is 0 Å². The first-order valence-corrected chi connectivity index (χ1v) is 11.2. The summed E-state index contributed by atoms with van der Waals surface area (Å²) in [6.07, 6.45) is 27.5. The normalized spacial score (nSPS) is 11.9. The summed E-state index contributed by atoms with van der Waals surface area (Å²) in [6.45, 7) is 4.43. The summed E-state index contributed by atoms with van der Waals surface area (Å²) in [4.78, 5) is 0. The van der Waals surface area contributed by atoms with Crippen molar-refractivity contribution in [2.45, 2.75) is 65.2 Å². The minimum atomic E-state index is 0. The molecule has 0 radical (unpaired) electrons. The number of rotatable bonds is 6. The third kappa shape index (κ3) is 18.6. The second-order valence-corrected chi connectivity index (χ2v) is 7.04. The van der Waals surface area contributed by atoms with Crippen LogP contribution in [0.5, 0.6) is 0 Å². The molecule has 2 aliphatic rings. The molecule has 160 valence electrons. The third-order valence-corrected chi connectivity index (χ3v) is 4.35. The number of unbranched alkanes of at least 4 members (excludes halogenated alkanes) is 2. The molecule has 31 heavy (non-hydrogen) atoms. The van der Waals surface area contributed by atoms with Gasteiger partial charge in [-0.15, -0.1) is 12.8 Å². The van der Waals surface area contributed by atoms with Gasteiger partial charge in [0.1, 0.15) is 0 Å². The molecule has 0 saturated heterocycles. The van der Waals surface area contributed by atoms with E-state index >= 15 is 0 Å². The van der Waals surface area contributed by atoms with Crippen LogP contribution < -0.4 is 0 Å². The van der Waals surface area contributed by atoms with E-state index in [0.29, 0.717) is 0 Å². The third-order valence-electron chi connectivity index (χ3n) is 4.35. The first kappa shape index (κ1) is 29.1. The number of hydrogen-bond acceptors (Lipinski definition) is 0. The molecular weight excluding hydrogens is 408 g/mol. The van der Waals surface area contributed by atoms with E-state index in [4.69, 9.17) is 0 Å².